The van der Waals surface area contributed by atoms with E-state index in [1.54, 1.807) is 0 Å². The highest BCUT2D eigenvalue weighted by Crippen LogP contribution is 2.30. The van der Waals surface area contributed by atoms with Gasteiger partial charge in [-0.05, 0) is 18.1 Å². The first kappa shape index (κ1) is 11.5. The molecule has 5 heteroatoms. The number of aromatic nitrogens is 1. The van der Waals surface area contributed by atoms with Crippen molar-refractivity contribution < 1.29 is 18.3 Å². The van der Waals surface area contributed by atoms with Gasteiger partial charge in [-0.2, -0.15) is 13.2 Å². The average molecular weight is 215 g/mol. The lowest BCUT2D eigenvalue weighted by molar-refractivity contribution is -0.138. The third-order valence-corrected chi connectivity index (χ3v) is 1.56. The lowest BCUT2D eigenvalue weighted by Crippen LogP contribution is -2.08. The summed E-state index contributed by atoms with van der Waals surface area (Å²) in [6.45, 7) is -0.179. The molecular formula is C10H8F3NO. The molecule has 0 saturated carbocycles. The molecule has 1 rings (SSSR count). The lowest BCUT2D eigenvalue weighted by atomic mass is 10.2. The van der Waals surface area contributed by atoms with Gasteiger partial charge in [0.05, 0.1) is 12.2 Å². The number of aliphatic hydroxyl groups is 1. The van der Waals surface area contributed by atoms with Crippen LogP contribution < -0.4 is 0 Å². The Morgan fingerprint density at radius 2 is 2.13 bits per heavy atom. The summed E-state index contributed by atoms with van der Waals surface area (Å²) in [6, 6.07) is 2.13. The summed E-state index contributed by atoms with van der Waals surface area (Å²) >= 11 is 0. The number of rotatable bonds is 1. The summed E-state index contributed by atoms with van der Waals surface area (Å²) in [7, 11) is 0. The minimum Gasteiger partial charge on any atom is -0.395 e. The van der Waals surface area contributed by atoms with E-state index < -0.39 is 11.7 Å². The quantitative estimate of drug-likeness (QED) is 0.725. The third kappa shape index (κ3) is 3.26. The molecule has 0 unspecified atom stereocenters. The van der Waals surface area contributed by atoms with Gasteiger partial charge in [0, 0.05) is 12.6 Å². The summed E-state index contributed by atoms with van der Waals surface area (Å²) in [5.41, 5.74) is -1.16. The van der Waals surface area contributed by atoms with Crippen LogP contribution in [0.25, 0.3) is 0 Å². The first-order chi connectivity index (χ1) is 7.05. The Kier molecular flexibility index (Phi) is 3.69. The summed E-state index contributed by atoms with van der Waals surface area (Å²) in [4.78, 5) is 3.54. The van der Waals surface area contributed by atoms with E-state index >= 15 is 0 Å². The predicted octanol–water partition coefficient (Wildman–Crippen LogP) is 1.83. The van der Waals surface area contributed by atoms with Crippen LogP contribution in [-0.2, 0) is 6.18 Å². The van der Waals surface area contributed by atoms with E-state index in [2.05, 4.69) is 16.8 Å². The molecule has 0 aliphatic carbocycles. The molecule has 80 valence electrons. The van der Waals surface area contributed by atoms with Gasteiger partial charge in [-0.25, -0.2) is 4.98 Å². The van der Waals surface area contributed by atoms with Gasteiger partial charge in [0.1, 0.15) is 5.69 Å². The molecular weight excluding hydrogens is 207 g/mol. The van der Waals surface area contributed by atoms with E-state index in [0.29, 0.717) is 0 Å². The molecule has 1 aromatic rings. The van der Waals surface area contributed by atoms with Gasteiger partial charge in [0.2, 0.25) is 0 Å². The van der Waals surface area contributed by atoms with Crippen molar-refractivity contribution in [3.63, 3.8) is 0 Å². The average Bonchev–Trinajstić information content (AvgIpc) is 2.17. The van der Waals surface area contributed by atoms with E-state index in [1.165, 1.54) is 12.3 Å². The highest BCUT2D eigenvalue weighted by atomic mass is 19.4. The fourth-order valence-corrected chi connectivity index (χ4v) is 0.936. The van der Waals surface area contributed by atoms with E-state index in [4.69, 9.17) is 5.11 Å². The van der Waals surface area contributed by atoms with Crippen LogP contribution in [0.2, 0.25) is 0 Å². The molecule has 0 aliphatic heterocycles. The minimum atomic E-state index is -4.45. The predicted molar refractivity (Wildman–Crippen MR) is 47.8 cm³/mol. The summed E-state index contributed by atoms with van der Waals surface area (Å²) < 4.78 is 37.2. The number of aliphatic hydroxyl groups excluding tert-OH is 1. The molecule has 2 nitrogen and oxygen atoms in total. The van der Waals surface area contributed by atoms with Crippen LogP contribution in [0.15, 0.2) is 18.3 Å². The van der Waals surface area contributed by atoms with Crippen molar-refractivity contribution in [2.45, 2.75) is 12.6 Å². The van der Waals surface area contributed by atoms with Crippen molar-refractivity contribution in [3.8, 4) is 11.8 Å². The maximum atomic E-state index is 12.4. The number of halogens is 3. The smallest absolute Gasteiger partial charge is 0.395 e. The van der Waals surface area contributed by atoms with Gasteiger partial charge in [0.15, 0.2) is 0 Å². The molecule has 0 amide bonds. The van der Waals surface area contributed by atoms with E-state index in [9.17, 15) is 13.2 Å². The molecule has 0 saturated heterocycles. The zero-order chi connectivity index (χ0) is 11.3. The zero-order valence-corrected chi connectivity index (χ0v) is 7.67. The van der Waals surface area contributed by atoms with Crippen molar-refractivity contribution >= 4 is 0 Å². The molecule has 15 heavy (non-hydrogen) atoms. The van der Waals surface area contributed by atoms with E-state index in [1.807, 2.05) is 0 Å². The molecule has 1 heterocycles. The Bertz CT molecular complexity index is 390. The van der Waals surface area contributed by atoms with Crippen LogP contribution in [0, 0.1) is 11.8 Å². The SMILES string of the molecule is OCCC#Cc1ncccc1C(F)(F)F. The number of nitrogens with zero attached hydrogens (tertiary/aromatic N) is 1. The molecule has 1 N–H and O–H groups in total. The Labute approximate surface area is 84.8 Å². The highest BCUT2D eigenvalue weighted by molar-refractivity contribution is 5.36. The molecule has 0 aliphatic rings. The Hall–Kier alpha value is -1.54. The Morgan fingerprint density at radius 3 is 2.73 bits per heavy atom. The van der Waals surface area contributed by atoms with Crippen molar-refractivity contribution in [3.05, 3.63) is 29.6 Å². The highest BCUT2D eigenvalue weighted by Gasteiger charge is 2.33. The van der Waals surface area contributed by atoms with Crippen LogP contribution in [-0.4, -0.2) is 16.7 Å². The maximum absolute atomic E-state index is 12.4. The Balaban J connectivity index is 3.04. The van der Waals surface area contributed by atoms with Gasteiger partial charge in [-0.15, -0.1) is 0 Å². The van der Waals surface area contributed by atoms with Gasteiger partial charge >= 0.3 is 6.18 Å². The first-order valence-electron chi connectivity index (χ1n) is 4.17. The van der Waals surface area contributed by atoms with Crippen LogP contribution >= 0.6 is 0 Å². The van der Waals surface area contributed by atoms with Gasteiger partial charge in [-0.1, -0.05) is 5.92 Å². The van der Waals surface area contributed by atoms with Crippen molar-refractivity contribution in [1.29, 1.82) is 0 Å². The topological polar surface area (TPSA) is 33.1 Å². The molecule has 0 bridgehead atoms. The second-order valence-corrected chi connectivity index (χ2v) is 2.67. The molecule has 0 spiro atoms. The molecule has 0 atom stereocenters. The number of hydrogen-bond acceptors (Lipinski definition) is 2. The van der Waals surface area contributed by atoms with E-state index in [-0.39, 0.29) is 18.7 Å². The summed E-state index contributed by atoms with van der Waals surface area (Å²) in [6.07, 6.45) is -3.07. The molecule has 0 aromatic carbocycles. The van der Waals surface area contributed by atoms with Crippen molar-refractivity contribution in [2.75, 3.05) is 6.61 Å². The number of alkyl halides is 3. The Morgan fingerprint density at radius 1 is 1.40 bits per heavy atom. The first-order valence-corrected chi connectivity index (χ1v) is 4.17. The van der Waals surface area contributed by atoms with Crippen molar-refractivity contribution in [1.82, 2.24) is 4.98 Å². The number of pyridine rings is 1. The van der Waals surface area contributed by atoms with Gasteiger partial charge in [-0.3, -0.25) is 0 Å². The van der Waals surface area contributed by atoms with Gasteiger partial charge in [0.25, 0.3) is 0 Å². The largest absolute Gasteiger partial charge is 0.419 e. The number of hydrogen-bond donors (Lipinski definition) is 1. The fourth-order valence-electron chi connectivity index (χ4n) is 0.936. The molecule has 0 fully saturated rings. The standard InChI is InChI=1S/C10H8F3NO/c11-10(12,13)8-4-3-6-14-9(8)5-1-2-7-15/h3-4,6,15H,2,7H2. The second kappa shape index (κ2) is 4.80. The van der Waals surface area contributed by atoms with Crippen molar-refractivity contribution in [2.24, 2.45) is 0 Å². The van der Waals surface area contributed by atoms with Crippen LogP contribution in [0.4, 0.5) is 13.2 Å². The second-order valence-electron chi connectivity index (χ2n) is 2.67. The maximum Gasteiger partial charge on any atom is 0.419 e. The molecule has 1 aromatic heterocycles. The zero-order valence-electron chi connectivity index (χ0n) is 7.67. The monoisotopic (exact) mass is 215 g/mol. The lowest BCUT2D eigenvalue weighted by Gasteiger charge is -2.06. The van der Waals surface area contributed by atoms with Crippen LogP contribution in [0.5, 0.6) is 0 Å². The fraction of sp³-hybridized carbons (Fsp3) is 0.300. The van der Waals surface area contributed by atoms with Crippen LogP contribution in [0.1, 0.15) is 17.7 Å². The normalized spacial score (nSPS) is 10.7. The van der Waals surface area contributed by atoms with Gasteiger partial charge < -0.3 is 5.11 Å². The van der Waals surface area contributed by atoms with E-state index in [0.717, 1.165) is 6.07 Å². The molecule has 0 radical (unpaired) electrons. The minimum absolute atomic E-state index is 0.133. The third-order valence-electron chi connectivity index (χ3n) is 1.56. The summed E-state index contributed by atoms with van der Waals surface area (Å²) in [5, 5.41) is 8.43. The summed E-state index contributed by atoms with van der Waals surface area (Å²) in [5.74, 6) is 4.68. The van der Waals surface area contributed by atoms with Crippen LogP contribution in [0.3, 0.4) is 0 Å².